The van der Waals surface area contributed by atoms with Crippen molar-refractivity contribution in [2.45, 2.75) is 6.04 Å². The number of thiazole rings is 1. The van der Waals surface area contributed by atoms with Crippen LogP contribution in [-0.2, 0) is 0 Å². The molecule has 3 aromatic carbocycles. The van der Waals surface area contributed by atoms with Crippen LogP contribution < -0.4 is 15.1 Å². The molecule has 3 heterocycles. The van der Waals surface area contributed by atoms with Crippen molar-refractivity contribution >= 4 is 43.6 Å². The van der Waals surface area contributed by atoms with Crippen LogP contribution in [0, 0.1) is 5.82 Å². The maximum absolute atomic E-state index is 15.0. The van der Waals surface area contributed by atoms with Gasteiger partial charge in [0.25, 0.3) is 5.91 Å². The number of carbonyl (C=O) groups excluding carboxylic acids is 1. The lowest BCUT2D eigenvalue weighted by Gasteiger charge is -2.22. The Morgan fingerprint density at radius 3 is 2.67 bits per heavy atom. The van der Waals surface area contributed by atoms with Gasteiger partial charge in [0.05, 0.1) is 28.3 Å². The fraction of sp³-hybridized carbons (Fsp3) is 0.0800. The molecule has 162 valence electrons. The molecule has 0 N–H and O–H groups in total. The monoisotopic (exact) mass is 458 g/mol. The van der Waals surface area contributed by atoms with Gasteiger partial charge in [-0.1, -0.05) is 41.7 Å². The van der Waals surface area contributed by atoms with Crippen molar-refractivity contribution in [2.24, 2.45) is 0 Å². The van der Waals surface area contributed by atoms with E-state index in [-0.39, 0.29) is 22.3 Å². The molecule has 6 rings (SSSR count). The minimum atomic E-state index is -1.00. The van der Waals surface area contributed by atoms with Gasteiger partial charge in [-0.25, -0.2) is 9.37 Å². The van der Waals surface area contributed by atoms with Crippen molar-refractivity contribution in [3.63, 3.8) is 0 Å². The summed E-state index contributed by atoms with van der Waals surface area (Å²) in [6, 6.07) is 17.2. The van der Waals surface area contributed by atoms with Crippen LogP contribution in [0.3, 0.4) is 0 Å². The summed E-state index contributed by atoms with van der Waals surface area (Å²) >= 11 is 1.26. The number of rotatable bonds is 3. The average molecular weight is 458 g/mol. The maximum Gasteiger partial charge on any atom is 0.297 e. The molecule has 33 heavy (non-hydrogen) atoms. The number of carbonyl (C=O) groups is 1. The smallest absolute Gasteiger partial charge is 0.297 e. The molecule has 1 aliphatic rings. The number of anilines is 1. The molecule has 8 heteroatoms. The van der Waals surface area contributed by atoms with Gasteiger partial charge >= 0.3 is 0 Å². The van der Waals surface area contributed by atoms with Gasteiger partial charge in [-0.15, -0.1) is 0 Å². The van der Waals surface area contributed by atoms with E-state index in [0.717, 1.165) is 4.70 Å². The van der Waals surface area contributed by atoms with Crippen molar-refractivity contribution in [2.75, 3.05) is 12.0 Å². The standard InChI is InChI=1S/C25H15FN2O4S/c1-31-13-10-11-17-19(12-13)33-25(27-17)28-21(14-6-2-4-8-16(14)26)20-22(29)15-7-3-5-9-18(15)32-23(20)24(28)30/h2-12,21H,1H3. The Labute approximate surface area is 190 Å². The second kappa shape index (κ2) is 7.25. The first-order chi connectivity index (χ1) is 16.1. The normalized spacial score (nSPS) is 15.4. The molecule has 1 unspecified atom stereocenters. The predicted molar refractivity (Wildman–Crippen MR) is 124 cm³/mol. The molecule has 1 aliphatic heterocycles. The minimum absolute atomic E-state index is 0.0937. The first-order valence-corrected chi connectivity index (χ1v) is 11.0. The lowest BCUT2D eigenvalue weighted by molar-refractivity contribution is 0.0971. The molecule has 5 aromatic rings. The molecule has 1 atom stereocenters. The first-order valence-electron chi connectivity index (χ1n) is 10.1. The average Bonchev–Trinajstić information content (AvgIpc) is 3.37. The second-order valence-corrected chi connectivity index (χ2v) is 8.61. The summed E-state index contributed by atoms with van der Waals surface area (Å²) in [5, 5.41) is 0.674. The molecule has 1 amide bonds. The molecular formula is C25H15FN2O4S. The van der Waals surface area contributed by atoms with Gasteiger partial charge in [0, 0.05) is 5.56 Å². The van der Waals surface area contributed by atoms with Crippen LogP contribution in [0.5, 0.6) is 5.75 Å². The third-order valence-corrected chi connectivity index (χ3v) is 6.79. The number of aromatic nitrogens is 1. The number of halogens is 1. The summed E-state index contributed by atoms with van der Waals surface area (Å²) in [6.07, 6.45) is 0. The Morgan fingerprint density at radius 2 is 1.85 bits per heavy atom. The lowest BCUT2D eigenvalue weighted by atomic mass is 9.98. The highest BCUT2D eigenvalue weighted by molar-refractivity contribution is 7.22. The number of hydrogen-bond acceptors (Lipinski definition) is 6. The van der Waals surface area contributed by atoms with Crippen LogP contribution in [0.1, 0.15) is 27.7 Å². The van der Waals surface area contributed by atoms with E-state index in [0.29, 0.717) is 27.4 Å². The number of ether oxygens (including phenoxy) is 1. The first kappa shape index (κ1) is 19.6. The summed E-state index contributed by atoms with van der Waals surface area (Å²) in [7, 11) is 1.57. The van der Waals surface area contributed by atoms with Crippen molar-refractivity contribution < 1.29 is 18.3 Å². The van der Waals surface area contributed by atoms with E-state index in [1.807, 2.05) is 6.07 Å². The quantitative estimate of drug-likeness (QED) is 0.367. The Balaban J connectivity index is 1.64. The van der Waals surface area contributed by atoms with Crippen LogP contribution in [0.25, 0.3) is 21.2 Å². The van der Waals surface area contributed by atoms with E-state index < -0.39 is 17.8 Å². The topological polar surface area (TPSA) is 72.6 Å². The van der Waals surface area contributed by atoms with Gasteiger partial charge in [0.2, 0.25) is 5.76 Å². The summed E-state index contributed by atoms with van der Waals surface area (Å²) in [5.41, 5.74) is 0.914. The molecular weight excluding hydrogens is 443 g/mol. The second-order valence-electron chi connectivity index (χ2n) is 7.60. The van der Waals surface area contributed by atoms with Crippen LogP contribution in [0.15, 0.2) is 75.9 Å². The van der Waals surface area contributed by atoms with E-state index in [9.17, 15) is 14.0 Å². The van der Waals surface area contributed by atoms with Crippen molar-refractivity contribution in [3.8, 4) is 5.75 Å². The zero-order chi connectivity index (χ0) is 22.7. The third-order valence-electron chi connectivity index (χ3n) is 5.77. The SMILES string of the molecule is COc1ccc2nc(N3C(=O)c4oc5ccccc5c(=O)c4C3c3ccccc3F)sc2c1. The Hall–Kier alpha value is -4.04. The van der Waals surface area contributed by atoms with E-state index in [2.05, 4.69) is 4.98 Å². The van der Waals surface area contributed by atoms with Gasteiger partial charge in [0.15, 0.2) is 10.6 Å². The fourth-order valence-electron chi connectivity index (χ4n) is 4.23. The summed E-state index contributed by atoms with van der Waals surface area (Å²) < 4.78 is 27.0. The van der Waals surface area contributed by atoms with E-state index in [4.69, 9.17) is 9.15 Å². The van der Waals surface area contributed by atoms with Gasteiger partial charge in [-0.05, 0) is 36.4 Å². The molecule has 6 nitrogen and oxygen atoms in total. The third kappa shape index (κ3) is 2.87. The Bertz CT molecular complexity index is 1640. The van der Waals surface area contributed by atoms with Crippen LogP contribution in [0.2, 0.25) is 0 Å². The van der Waals surface area contributed by atoms with Gasteiger partial charge < -0.3 is 9.15 Å². The largest absolute Gasteiger partial charge is 0.497 e. The molecule has 0 aliphatic carbocycles. The molecule has 0 saturated carbocycles. The van der Waals surface area contributed by atoms with Crippen LogP contribution in [0.4, 0.5) is 9.52 Å². The highest BCUT2D eigenvalue weighted by atomic mass is 32.1. The van der Waals surface area contributed by atoms with Gasteiger partial charge in [-0.3, -0.25) is 14.5 Å². The number of nitrogens with zero attached hydrogens (tertiary/aromatic N) is 2. The number of amides is 1. The highest BCUT2D eigenvalue weighted by Crippen LogP contribution is 2.44. The van der Waals surface area contributed by atoms with E-state index in [1.165, 1.54) is 22.3 Å². The summed E-state index contributed by atoms with van der Waals surface area (Å²) in [4.78, 5) is 33.1. The molecule has 0 saturated heterocycles. The fourth-order valence-corrected chi connectivity index (χ4v) is 5.25. The lowest BCUT2D eigenvalue weighted by Crippen LogP contribution is -2.30. The van der Waals surface area contributed by atoms with Crippen LogP contribution >= 0.6 is 11.3 Å². The molecule has 2 aromatic heterocycles. The Morgan fingerprint density at radius 1 is 1.06 bits per heavy atom. The maximum atomic E-state index is 15.0. The molecule has 0 radical (unpaired) electrons. The number of hydrogen-bond donors (Lipinski definition) is 0. The predicted octanol–water partition coefficient (Wildman–Crippen LogP) is 5.30. The number of para-hydroxylation sites is 1. The van der Waals surface area contributed by atoms with Gasteiger partial charge in [0.1, 0.15) is 23.2 Å². The number of fused-ring (bicyclic) bond motifs is 3. The van der Waals surface area contributed by atoms with Crippen molar-refractivity contribution in [1.82, 2.24) is 4.98 Å². The highest BCUT2D eigenvalue weighted by Gasteiger charge is 2.45. The van der Waals surface area contributed by atoms with Crippen molar-refractivity contribution in [1.29, 1.82) is 0 Å². The molecule has 0 bridgehead atoms. The van der Waals surface area contributed by atoms with Gasteiger partial charge in [-0.2, -0.15) is 0 Å². The van der Waals surface area contributed by atoms with E-state index >= 15 is 0 Å². The summed E-state index contributed by atoms with van der Waals surface area (Å²) in [5.74, 6) is -0.498. The van der Waals surface area contributed by atoms with E-state index in [1.54, 1.807) is 61.7 Å². The van der Waals surface area contributed by atoms with Crippen LogP contribution in [-0.4, -0.2) is 18.0 Å². The number of methoxy groups -OCH3 is 1. The number of benzene rings is 3. The zero-order valence-corrected chi connectivity index (χ0v) is 18.1. The Kier molecular flexibility index (Phi) is 4.31. The molecule has 0 spiro atoms. The zero-order valence-electron chi connectivity index (χ0n) is 17.2. The minimum Gasteiger partial charge on any atom is -0.497 e. The summed E-state index contributed by atoms with van der Waals surface area (Å²) in [6.45, 7) is 0. The van der Waals surface area contributed by atoms with Crippen molar-refractivity contribution in [3.05, 3.63) is 99.7 Å². The molecule has 0 fully saturated rings.